The smallest absolute Gasteiger partial charge is 0.340 e. The van der Waals surface area contributed by atoms with Gasteiger partial charge in [-0.3, -0.25) is 4.79 Å². The van der Waals surface area contributed by atoms with E-state index in [1.54, 1.807) is 17.5 Å². The lowest BCUT2D eigenvalue weighted by molar-refractivity contribution is 0.0602. The van der Waals surface area contributed by atoms with Crippen LogP contribution in [0.15, 0.2) is 29.6 Å². The van der Waals surface area contributed by atoms with E-state index in [1.165, 1.54) is 30.6 Å². The van der Waals surface area contributed by atoms with E-state index < -0.39 is 11.9 Å². The first kappa shape index (κ1) is 14.8. The fourth-order valence-electron chi connectivity index (χ4n) is 1.52. The molecule has 1 aromatic heterocycles. The maximum atomic E-state index is 12.1. The number of benzene rings is 1. The van der Waals surface area contributed by atoms with E-state index in [4.69, 9.17) is 23.2 Å². The van der Waals surface area contributed by atoms with E-state index in [1.807, 2.05) is 0 Å². The molecule has 1 heterocycles. The molecule has 0 atom stereocenters. The Morgan fingerprint density at radius 3 is 2.60 bits per heavy atom. The van der Waals surface area contributed by atoms with Crippen LogP contribution >= 0.6 is 34.5 Å². The average molecular weight is 330 g/mol. The number of rotatable bonds is 3. The molecule has 1 aromatic carbocycles. The van der Waals surface area contributed by atoms with Crippen LogP contribution in [0.3, 0.4) is 0 Å². The summed E-state index contributed by atoms with van der Waals surface area (Å²) in [5.74, 6) is -0.928. The maximum Gasteiger partial charge on any atom is 0.340 e. The van der Waals surface area contributed by atoms with Crippen LogP contribution in [0.4, 0.5) is 5.00 Å². The maximum absolute atomic E-state index is 12.1. The molecule has 2 aromatic rings. The molecule has 104 valence electrons. The first-order chi connectivity index (χ1) is 9.52. The molecule has 0 fully saturated rings. The Labute approximate surface area is 129 Å². The van der Waals surface area contributed by atoms with Gasteiger partial charge in [-0.2, -0.15) is 0 Å². The molecule has 0 bridgehead atoms. The van der Waals surface area contributed by atoms with Crippen molar-refractivity contribution in [3.05, 3.63) is 50.8 Å². The highest BCUT2D eigenvalue weighted by molar-refractivity contribution is 7.14. The number of hydrogen-bond acceptors (Lipinski definition) is 4. The van der Waals surface area contributed by atoms with Crippen LogP contribution in [0.25, 0.3) is 0 Å². The van der Waals surface area contributed by atoms with E-state index in [0.717, 1.165) is 0 Å². The summed E-state index contributed by atoms with van der Waals surface area (Å²) in [5, 5.41) is 5.41. The third kappa shape index (κ3) is 3.12. The lowest BCUT2D eigenvalue weighted by atomic mass is 10.2. The summed E-state index contributed by atoms with van der Waals surface area (Å²) in [6.07, 6.45) is 0. The lowest BCUT2D eigenvalue weighted by Crippen LogP contribution is -2.14. The van der Waals surface area contributed by atoms with Gasteiger partial charge in [0, 0.05) is 5.02 Å². The second-order valence-corrected chi connectivity index (χ2v) is 5.49. The molecular weight excluding hydrogens is 321 g/mol. The fraction of sp³-hybridized carbons (Fsp3) is 0.0769. The van der Waals surface area contributed by atoms with Crippen molar-refractivity contribution in [1.29, 1.82) is 0 Å². The normalized spacial score (nSPS) is 10.2. The number of esters is 1. The molecule has 0 radical (unpaired) electrons. The van der Waals surface area contributed by atoms with Gasteiger partial charge in [0.05, 0.1) is 23.3 Å². The van der Waals surface area contributed by atoms with Gasteiger partial charge in [-0.05, 0) is 29.6 Å². The molecule has 20 heavy (non-hydrogen) atoms. The van der Waals surface area contributed by atoms with Gasteiger partial charge >= 0.3 is 5.97 Å². The van der Waals surface area contributed by atoms with Crippen LogP contribution in [-0.4, -0.2) is 19.0 Å². The highest BCUT2D eigenvalue weighted by Crippen LogP contribution is 2.26. The highest BCUT2D eigenvalue weighted by atomic mass is 35.5. The van der Waals surface area contributed by atoms with Crippen LogP contribution < -0.4 is 5.32 Å². The molecule has 0 aliphatic carbocycles. The number of ether oxygens (including phenoxy) is 1. The average Bonchev–Trinajstić information content (AvgIpc) is 2.85. The van der Waals surface area contributed by atoms with Gasteiger partial charge in [0.15, 0.2) is 0 Å². The van der Waals surface area contributed by atoms with Crippen molar-refractivity contribution in [2.45, 2.75) is 0 Å². The summed E-state index contributed by atoms with van der Waals surface area (Å²) >= 11 is 13.0. The van der Waals surface area contributed by atoms with Crippen LogP contribution in [0.5, 0.6) is 0 Å². The van der Waals surface area contributed by atoms with Gasteiger partial charge < -0.3 is 10.1 Å². The predicted molar refractivity (Wildman–Crippen MR) is 80.1 cm³/mol. The van der Waals surface area contributed by atoms with Crippen LogP contribution in [0, 0.1) is 0 Å². The highest BCUT2D eigenvalue weighted by Gasteiger charge is 2.17. The standard InChI is InChI=1S/C13H9Cl2NO3S/c1-19-13(18)9-4-5-20-12(9)16-11(17)8-3-2-7(14)6-10(8)15/h2-6H,1H3,(H,16,17). The second-order valence-electron chi connectivity index (χ2n) is 3.73. The van der Waals surface area contributed by atoms with Crippen LogP contribution in [0.1, 0.15) is 20.7 Å². The van der Waals surface area contributed by atoms with Crippen molar-refractivity contribution in [2.75, 3.05) is 12.4 Å². The number of amides is 1. The lowest BCUT2D eigenvalue weighted by Gasteiger charge is -2.07. The molecule has 0 aliphatic rings. The number of nitrogens with one attached hydrogen (secondary N) is 1. The van der Waals surface area contributed by atoms with Gasteiger partial charge in [0.1, 0.15) is 5.00 Å². The van der Waals surface area contributed by atoms with Gasteiger partial charge in [-0.1, -0.05) is 23.2 Å². The van der Waals surface area contributed by atoms with Crippen molar-refractivity contribution in [3.63, 3.8) is 0 Å². The second kappa shape index (κ2) is 6.26. The minimum Gasteiger partial charge on any atom is -0.465 e. The summed E-state index contributed by atoms with van der Waals surface area (Å²) in [6, 6.07) is 6.15. The van der Waals surface area contributed by atoms with E-state index in [9.17, 15) is 9.59 Å². The van der Waals surface area contributed by atoms with Crippen molar-refractivity contribution in [1.82, 2.24) is 0 Å². The Morgan fingerprint density at radius 2 is 1.95 bits per heavy atom. The van der Waals surface area contributed by atoms with Crippen molar-refractivity contribution >= 4 is 51.4 Å². The van der Waals surface area contributed by atoms with Crippen molar-refractivity contribution in [2.24, 2.45) is 0 Å². The fourth-order valence-corrected chi connectivity index (χ4v) is 2.79. The van der Waals surface area contributed by atoms with Crippen molar-refractivity contribution in [3.8, 4) is 0 Å². The Bertz CT molecular complexity index is 669. The number of halogens is 2. The number of hydrogen-bond donors (Lipinski definition) is 1. The van der Waals surface area contributed by atoms with Gasteiger partial charge in [-0.15, -0.1) is 11.3 Å². The zero-order valence-electron chi connectivity index (χ0n) is 10.3. The first-order valence-corrected chi connectivity index (χ1v) is 7.08. The van der Waals surface area contributed by atoms with Gasteiger partial charge in [-0.25, -0.2) is 4.79 Å². The summed E-state index contributed by atoms with van der Waals surface area (Å²) < 4.78 is 4.63. The third-order valence-electron chi connectivity index (χ3n) is 2.47. The van der Waals surface area contributed by atoms with Gasteiger partial charge in [0.25, 0.3) is 5.91 Å². The SMILES string of the molecule is COC(=O)c1ccsc1NC(=O)c1ccc(Cl)cc1Cl. The van der Waals surface area contributed by atoms with E-state index in [0.29, 0.717) is 15.6 Å². The van der Waals surface area contributed by atoms with Crippen LogP contribution in [-0.2, 0) is 4.74 Å². The van der Waals surface area contributed by atoms with E-state index in [-0.39, 0.29) is 10.6 Å². The zero-order chi connectivity index (χ0) is 14.7. The number of anilines is 1. The molecule has 0 saturated carbocycles. The Hall–Kier alpha value is -1.56. The first-order valence-electron chi connectivity index (χ1n) is 5.45. The molecule has 0 spiro atoms. The van der Waals surface area contributed by atoms with E-state index in [2.05, 4.69) is 10.1 Å². The Balaban J connectivity index is 2.24. The summed E-state index contributed by atoms with van der Waals surface area (Å²) in [7, 11) is 1.28. The monoisotopic (exact) mass is 329 g/mol. The molecule has 0 aliphatic heterocycles. The van der Waals surface area contributed by atoms with Gasteiger partial charge in [0.2, 0.25) is 0 Å². The molecule has 2 rings (SSSR count). The minimum atomic E-state index is -0.510. The summed E-state index contributed by atoms with van der Waals surface area (Å²) in [4.78, 5) is 23.6. The minimum absolute atomic E-state index is 0.242. The molecule has 0 saturated heterocycles. The summed E-state index contributed by atoms with van der Waals surface area (Å²) in [5.41, 5.74) is 0.580. The van der Waals surface area contributed by atoms with Crippen molar-refractivity contribution < 1.29 is 14.3 Å². The quantitative estimate of drug-likeness (QED) is 0.862. The molecule has 0 unspecified atom stereocenters. The number of thiophene rings is 1. The molecular formula is C13H9Cl2NO3S. The Morgan fingerprint density at radius 1 is 1.20 bits per heavy atom. The molecule has 1 amide bonds. The summed E-state index contributed by atoms with van der Waals surface area (Å²) in [6.45, 7) is 0. The predicted octanol–water partition coefficient (Wildman–Crippen LogP) is 4.09. The molecule has 4 nitrogen and oxygen atoms in total. The molecule has 7 heteroatoms. The topological polar surface area (TPSA) is 55.4 Å². The third-order valence-corrected chi connectivity index (χ3v) is 3.85. The number of carbonyl (C=O) groups excluding carboxylic acids is 2. The van der Waals surface area contributed by atoms with E-state index >= 15 is 0 Å². The molecule has 1 N–H and O–H groups in total. The Kier molecular flexibility index (Phi) is 4.65. The zero-order valence-corrected chi connectivity index (χ0v) is 12.6. The largest absolute Gasteiger partial charge is 0.465 e. The number of carbonyl (C=O) groups is 2. The van der Waals surface area contributed by atoms with Crippen LogP contribution in [0.2, 0.25) is 10.0 Å². The number of methoxy groups -OCH3 is 1.